The molecule has 1 aliphatic heterocycles. The van der Waals surface area contributed by atoms with Crippen molar-refractivity contribution in [1.29, 1.82) is 0 Å². The first kappa shape index (κ1) is 27.3. The lowest BCUT2D eigenvalue weighted by Crippen LogP contribution is -2.41. The van der Waals surface area contributed by atoms with E-state index in [0.717, 1.165) is 42.8 Å². The van der Waals surface area contributed by atoms with E-state index in [-0.39, 0.29) is 34.9 Å². The summed E-state index contributed by atoms with van der Waals surface area (Å²) in [5.74, 6) is -3.60. The number of nitrogens with one attached hydrogen (secondary N) is 1. The highest BCUT2D eigenvalue weighted by atomic mass is 79.9. The van der Waals surface area contributed by atoms with Crippen LogP contribution in [-0.2, 0) is 19.1 Å². The third-order valence-corrected chi connectivity index (χ3v) is 9.78. The van der Waals surface area contributed by atoms with Crippen LogP contribution in [0.3, 0.4) is 0 Å². The molecule has 0 radical (unpaired) electrons. The van der Waals surface area contributed by atoms with Gasteiger partial charge in [-0.25, -0.2) is 9.69 Å². The predicted molar refractivity (Wildman–Crippen MR) is 165 cm³/mol. The van der Waals surface area contributed by atoms with Gasteiger partial charge < -0.3 is 10.1 Å². The normalized spacial score (nSPS) is 21.2. The van der Waals surface area contributed by atoms with Crippen LogP contribution in [0.15, 0.2) is 89.4 Å². The fraction of sp³-hybridized carbons (Fsp3) is 0.200. The Morgan fingerprint density at radius 3 is 1.84 bits per heavy atom. The van der Waals surface area contributed by atoms with Gasteiger partial charge in [-0.3, -0.25) is 14.4 Å². The summed E-state index contributed by atoms with van der Waals surface area (Å²) in [5.41, 5.74) is 6.94. The smallest absolute Gasteiger partial charge is 0.340 e. The van der Waals surface area contributed by atoms with Crippen LogP contribution in [0.5, 0.6) is 0 Å². The topological polar surface area (TPSA) is 92.8 Å². The number of rotatable bonds is 5. The molecule has 3 amide bonds. The molecule has 7 nitrogen and oxygen atoms in total. The second-order valence-electron chi connectivity index (χ2n) is 11.3. The van der Waals surface area contributed by atoms with Gasteiger partial charge in [-0.05, 0) is 71.5 Å². The van der Waals surface area contributed by atoms with Crippen molar-refractivity contribution in [3.05, 3.63) is 128 Å². The molecule has 1 N–H and O–H groups in total. The number of aryl methyl sites for hydroxylation is 2. The number of hydrogen-bond donors (Lipinski definition) is 1. The number of amides is 3. The standard InChI is InChI=1S/C35H27BrN2O5/c1-18-16-26(19(2)15-25(18)36)37-28(39)17-43-35(42)24-13-7-8-14-27(24)38-33(40)31-29-20-9-3-4-10-21(20)30(32(31)34(38)41)23-12-6-5-11-22(23)29/h3-16,29-32H,17H2,1-2H3,(H,37,39)/t29?,30?,31-,32-/m0/s1. The Balaban J connectivity index is 1.16. The molecule has 4 aromatic carbocycles. The molecule has 1 saturated heterocycles. The van der Waals surface area contributed by atoms with E-state index in [1.165, 1.54) is 6.07 Å². The van der Waals surface area contributed by atoms with Crippen molar-refractivity contribution in [2.45, 2.75) is 25.7 Å². The van der Waals surface area contributed by atoms with Crippen LogP contribution in [0, 0.1) is 25.7 Å². The fourth-order valence-corrected chi connectivity index (χ4v) is 7.52. The number of carbonyl (C=O) groups excluding carboxylic acids is 4. The minimum atomic E-state index is -0.792. The summed E-state index contributed by atoms with van der Waals surface area (Å²) in [6, 6.07) is 26.2. The molecule has 214 valence electrons. The van der Waals surface area contributed by atoms with E-state index < -0.39 is 30.3 Å². The quantitative estimate of drug-likeness (QED) is 0.207. The number of anilines is 2. The fourth-order valence-electron chi connectivity index (χ4n) is 7.07. The molecule has 2 bridgehead atoms. The first-order valence-electron chi connectivity index (χ1n) is 14.1. The van der Waals surface area contributed by atoms with E-state index in [4.69, 9.17) is 4.74 Å². The van der Waals surface area contributed by atoms with Crippen molar-refractivity contribution in [2.75, 3.05) is 16.8 Å². The van der Waals surface area contributed by atoms with E-state index >= 15 is 0 Å². The van der Waals surface area contributed by atoms with Gasteiger partial charge in [0.1, 0.15) is 0 Å². The number of esters is 1. The number of halogens is 1. The van der Waals surface area contributed by atoms with Crippen molar-refractivity contribution >= 4 is 51.0 Å². The maximum absolute atomic E-state index is 14.2. The number of carbonyl (C=O) groups is 4. The molecule has 0 saturated carbocycles. The largest absolute Gasteiger partial charge is 0.452 e. The van der Waals surface area contributed by atoms with Crippen LogP contribution in [0.2, 0.25) is 0 Å². The van der Waals surface area contributed by atoms with Crippen LogP contribution >= 0.6 is 15.9 Å². The molecule has 4 aromatic rings. The lowest BCUT2D eigenvalue weighted by atomic mass is 9.55. The number of imide groups is 1. The summed E-state index contributed by atoms with van der Waals surface area (Å²) in [5, 5.41) is 2.78. The highest BCUT2D eigenvalue weighted by Gasteiger charge is 2.62. The van der Waals surface area contributed by atoms with Gasteiger partial charge >= 0.3 is 5.97 Å². The van der Waals surface area contributed by atoms with Gasteiger partial charge in [-0.2, -0.15) is 0 Å². The van der Waals surface area contributed by atoms with Crippen molar-refractivity contribution in [2.24, 2.45) is 11.8 Å². The number of hydrogen-bond acceptors (Lipinski definition) is 5. The Morgan fingerprint density at radius 2 is 1.28 bits per heavy atom. The maximum Gasteiger partial charge on any atom is 0.340 e. The van der Waals surface area contributed by atoms with Gasteiger partial charge in [-0.1, -0.05) is 76.6 Å². The van der Waals surface area contributed by atoms with Crippen LogP contribution < -0.4 is 10.2 Å². The molecular formula is C35H27BrN2O5. The molecule has 3 aliphatic carbocycles. The molecule has 0 aromatic heterocycles. The maximum atomic E-state index is 14.2. The average molecular weight is 636 g/mol. The van der Waals surface area contributed by atoms with Crippen LogP contribution in [0.4, 0.5) is 11.4 Å². The lowest BCUT2D eigenvalue weighted by molar-refractivity contribution is -0.122. The Bertz CT molecular complexity index is 1750. The first-order valence-corrected chi connectivity index (χ1v) is 14.9. The number of nitrogens with zero attached hydrogens (tertiary/aromatic N) is 1. The molecule has 43 heavy (non-hydrogen) atoms. The molecule has 8 heteroatoms. The highest BCUT2D eigenvalue weighted by molar-refractivity contribution is 9.10. The molecule has 0 unspecified atom stereocenters. The predicted octanol–water partition coefficient (Wildman–Crippen LogP) is 6.26. The summed E-state index contributed by atoms with van der Waals surface area (Å²) in [4.78, 5) is 55.5. The van der Waals surface area contributed by atoms with Gasteiger partial charge in [0.25, 0.3) is 5.91 Å². The Kier molecular flexibility index (Phi) is 6.54. The van der Waals surface area contributed by atoms with Gasteiger partial charge in [0.15, 0.2) is 6.61 Å². The Labute approximate surface area is 257 Å². The van der Waals surface area contributed by atoms with E-state index in [2.05, 4.69) is 21.2 Å². The zero-order valence-electron chi connectivity index (χ0n) is 23.5. The van der Waals surface area contributed by atoms with Crippen LogP contribution in [0.1, 0.15) is 55.6 Å². The number of para-hydroxylation sites is 1. The zero-order chi connectivity index (χ0) is 30.0. The highest BCUT2D eigenvalue weighted by Crippen LogP contribution is 2.61. The molecular weight excluding hydrogens is 608 g/mol. The third kappa shape index (κ3) is 4.23. The molecule has 1 heterocycles. The van der Waals surface area contributed by atoms with Crippen molar-refractivity contribution in [1.82, 2.24) is 0 Å². The van der Waals surface area contributed by atoms with Crippen molar-refractivity contribution in [3.63, 3.8) is 0 Å². The Hall–Kier alpha value is -4.56. The van der Waals surface area contributed by atoms with Gasteiger partial charge in [0, 0.05) is 22.0 Å². The monoisotopic (exact) mass is 634 g/mol. The van der Waals surface area contributed by atoms with Gasteiger partial charge in [-0.15, -0.1) is 0 Å². The SMILES string of the molecule is Cc1cc(NC(=O)COC(=O)c2ccccc2N2C(=O)[C@H]3C4c5ccccc5C(c5ccccc54)[C@@H]3C2=O)c(C)cc1Br. The first-order chi connectivity index (χ1) is 20.8. The van der Waals surface area contributed by atoms with Crippen LogP contribution in [0.25, 0.3) is 0 Å². The molecule has 1 fully saturated rings. The zero-order valence-corrected chi connectivity index (χ0v) is 25.1. The van der Waals surface area contributed by atoms with Crippen molar-refractivity contribution in [3.8, 4) is 0 Å². The van der Waals surface area contributed by atoms with Crippen LogP contribution in [-0.4, -0.2) is 30.3 Å². The summed E-state index contributed by atoms with van der Waals surface area (Å²) in [7, 11) is 0. The summed E-state index contributed by atoms with van der Waals surface area (Å²) >= 11 is 3.48. The Morgan fingerprint density at radius 1 is 0.767 bits per heavy atom. The molecule has 4 aliphatic rings. The molecule has 0 spiro atoms. The second-order valence-corrected chi connectivity index (χ2v) is 12.2. The summed E-state index contributed by atoms with van der Waals surface area (Å²) in [6.45, 7) is 3.26. The van der Waals surface area contributed by atoms with E-state index in [0.29, 0.717) is 5.69 Å². The number of benzene rings is 4. The minimum absolute atomic E-state index is 0.0497. The average Bonchev–Trinajstić information content (AvgIpc) is 3.28. The summed E-state index contributed by atoms with van der Waals surface area (Å²) < 4.78 is 6.32. The van der Waals surface area contributed by atoms with Crippen molar-refractivity contribution < 1.29 is 23.9 Å². The van der Waals surface area contributed by atoms with Gasteiger partial charge in [0.2, 0.25) is 11.8 Å². The third-order valence-electron chi connectivity index (χ3n) is 8.93. The van der Waals surface area contributed by atoms with E-state index in [1.54, 1.807) is 18.2 Å². The number of ether oxygens (including phenoxy) is 1. The summed E-state index contributed by atoms with van der Waals surface area (Å²) in [6.07, 6.45) is 0. The lowest BCUT2D eigenvalue weighted by Gasteiger charge is -2.45. The van der Waals surface area contributed by atoms with E-state index in [1.807, 2.05) is 74.5 Å². The second kappa shape index (κ2) is 10.3. The van der Waals surface area contributed by atoms with Gasteiger partial charge in [0.05, 0.1) is 23.1 Å². The molecule has 8 rings (SSSR count). The van der Waals surface area contributed by atoms with E-state index in [9.17, 15) is 19.2 Å². The molecule has 2 atom stereocenters. The minimum Gasteiger partial charge on any atom is -0.452 e.